The smallest absolute Gasteiger partial charge is 0.421 e. The number of fused-ring (bicyclic) bond motifs is 2. The van der Waals surface area contributed by atoms with Crippen LogP contribution in [0.15, 0.2) is 36.4 Å². The lowest BCUT2D eigenvalue weighted by atomic mass is 9.97. The number of nitriles is 1. The van der Waals surface area contributed by atoms with Gasteiger partial charge in [-0.05, 0) is 55.7 Å². The summed E-state index contributed by atoms with van der Waals surface area (Å²) >= 11 is 0. The van der Waals surface area contributed by atoms with Gasteiger partial charge in [0, 0.05) is 18.7 Å². The van der Waals surface area contributed by atoms with Crippen molar-refractivity contribution in [1.29, 1.82) is 5.26 Å². The fourth-order valence-electron chi connectivity index (χ4n) is 5.81. The molecule has 2 aromatic carbocycles. The van der Waals surface area contributed by atoms with Crippen LogP contribution in [0.4, 0.5) is 17.6 Å². The lowest BCUT2D eigenvalue weighted by molar-refractivity contribution is -0.139. The van der Waals surface area contributed by atoms with E-state index in [4.69, 9.17) is 24.5 Å². The number of carbonyl (C=O) groups is 1. The summed E-state index contributed by atoms with van der Waals surface area (Å²) in [5.74, 6) is -1.62. The summed E-state index contributed by atoms with van der Waals surface area (Å²) in [6.45, 7) is 3.07. The van der Waals surface area contributed by atoms with Crippen LogP contribution in [0, 0.1) is 17.1 Å². The van der Waals surface area contributed by atoms with Crippen LogP contribution in [-0.2, 0) is 37.0 Å². The molecule has 0 radical (unpaired) electrons. The first-order chi connectivity index (χ1) is 22.0. The third-order valence-corrected chi connectivity index (χ3v) is 8.45. The Hall–Kier alpha value is -4.74. The minimum Gasteiger partial charge on any atom is -0.494 e. The van der Waals surface area contributed by atoms with E-state index in [-0.39, 0.29) is 35.8 Å². The maximum atomic E-state index is 14.5. The standard InChI is InChI=1S/C32H29F4N5O5/c1-17-28-19(10-23(32(34,35)36)30(39-28)46-16-20-4-3-18(13-37)9-24(20)33)5-7-40(17)15-27-38-29-25(41(27)14-22-6-8-45-22)11-21(31(42)43)12-26(29)44-2/h3-4,9-12,17,22H,5-8,14-16H2,1-2H3,(H,42,43)/t17-,22-/m0/s1. The van der Waals surface area contributed by atoms with E-state index in [0.29, 0.717) is 53.6 Å². The molecule has 2 aliphatic heterocycles. The van der Waals surface area contributed by atoms with Gasteiger partial charge in [0.15, 0.2) is 0 Å². The van der Waals surface area contributed by atoms with Crippen molar-refractivity contribution in [3.05, 3.63) is 81.6 Å². The van der Waals surface area contributed by atoms with Crippen LogP contribution >= 0.6 is 0 Å². The molecule has 46 heavy (non-hydrogen) atoms. The number of benzene rings is 2. The minimum absolute atomic E-state index is 0.0165. The Balaban J connectivity index is 1.33. The zero-order chi connectivity index (χ0) is 32.7. The van der Waals surface area contributed by atoms with E-state index in [0.717, 1.165) is 18.6 Å². The molecule has 2 aromatic heterocycles. The van der Waals surface area contributed by atoms with E-state index >= 15 is 0 Å². The van der Waals surface area contributed by atoms with Crippen molar-refractivity contribution in [1.82, 2.24) is 19.4 Å². The Labute approximate surface area is 260 Å². The van der Waals surface area contributed by atoms with Crippen LogP contribution in [0.2, 0.25) is 0 Å². The first-order valence-electron chi connectivity index (χ1n) is 14.5. The largest absolute Gasteiger partial charge is 0.494 e. The molecule has 0 unspecified atom stereocenters. The van der Waals surface area contributed by atoms with Crippen molar-refractivity contribution >= 4 is 17.0 Å². The number of rotatable bonds is 9. The quantitative estimate of drug-likeness (QED) is 0.231. The van der Waals surface area contributed by atoms with Gasteiger partial charge in [-0.1, -0.05) is 6.07 Å². The average Bonchev–Trinajstić information content (AvgIpc) is 3.34. The number of hydrogen-bond donors (Lipinski definition) is 1. The topological polar surface area (TPSA) is 123 Å². The van der Waals surface area contributed by atoms with Crippen LogP contribution in [-0.4, -0.2) is 56.9 Å². The van der Waals surface area contributed by atoms with Crippen LogP contribution in [0.25, 0.3) is 11.0 Å². The van der Waals surface area contributed by atoms with Gasteiger partial charge in [-0.2, -0.15) is 18.4 Å². The molecule has 1 N–H and O–H groups in total. The number of aromatic carboxylic acids is 1. The number of aromatic nitrogens is 3. The minimum atomic E-state index is -4.76. The van der Waals surface area contributed by atoms with Gasteiger partial charge in [-0.15, -0.1) is 0 Å². The highest BCUT2D eigenvalue weighted by Gasteiger charge is 2.39. The van der Waals surface area contributed by atoms with E-state index in [1.165, 1.54) is 25.3 Å². The van der Waals surface area contributed by atoms with E-state index in [2.05, 4.69) is 4.98 Å². The normalized spacial score (nSPS) is 18.1. The molecule has 0 aliphatic carbocycles. The molecular weight excluding hydrogens is 610 g/mol. The van der Waals surface area contributed by atoms with Gasteiger partial charge >= 0.3 is 12.1 Å². The van der Waals surface area contributed by atoms with Crippen molar-refractivity contribution in [3.8, 4) is 17.7 Å². The molecule has 240 valence electrons. The Morgan fingerprint density at radius 1 is 1.22 bits per heavy atom. The van der Waals surface area contributed by atoms with E-state index < -0.39 is 42.1 Å². The third-order valence-electron chi connectivity index (χ3n) is 8.45. The van der Waals surface area contributed by atoms with E-state index in [9.17, 15) is 27.5 Å². The van der Waals surface area contributed by atoms with Crippen molar-refractivity contribution in [2.24, 2.45) is 0 Å². The number of carboxylic acids is 1. The van der Waals surface area contributed by atoms with E-state index in [1.807, 2.05) is 22.5 Å². The SMILES string of the molecule is COc1cc(C(=O)O)cc2c1nc(CN1CCc3cc(C(F)(F)F)c(OCc4ccc(C#N)cc4F)nc3[C@@H]1C)n2C[C@@H]1CCO1. The summed E-state index contributed by atoms with van der Waals surface area (Å²) in [5, 5.41) is 18.7. The molecule has 2 aliphatic rings. The second kappa shape index (κ2) is 12.2. The van der Waals surface area contributed by atoms with Crippen LogP contribution < -0.4 is 9.47 Å². The second-order valence-corrected chi connectivity index (χ2v) is 11.3. The number of pyridine rings is 1. The van der Waals surface area contributed by atoms with E-state index in [1.54, 1.807) is 6.07 Å². The Kier molecular flexibility index (Phi) is 8.30. The molecular formula is C32H29F4N5O5. The van der Waals surface area contributed by atoms with Crippen molar-refractivity contribution in [2.75, 3.05) is 20.3 Å². The molecule has 14 heteroatoms. The van der Waals surface area contributed by atoms with Crippen LogP contribution in [0.1, 0.15) is 63.5 Å². The monoisotopic (exact) mass is 639 g/mol. The number of alkyl halides is 3. The van der Waals surface area contributed by atoms with Crippen LogP contribution in [0.3, 0.4) is 0 Å². The van der Waals surface area contributed by atoms with Crippen molar-refractivity contribution in [3.63, 3.8) is 0 Å². The predicted octanol–water partition coefficient (Wildman–Crippen LogP) is 5.65. The highest BCUT2D eigenvalue weighted by Crippen LogP contribution is 2.40. The zero-order valence-electron chi connectivity index (χ0n) is 24.9. The number of methoxy groups -OCH3 is 1. The highest BCUT2D eigenvalue weighted by molar-refractivity contribution is 5.95. The molecule has 10 nitrogen and oxygen atoms in total. The van der Waals surface area contributed by atoms with Crippen molar-refractivity contribution < 1.29 is 41.7 Å². The average molecular weight is 640 g/mol. The highest BCUT2D eigenvalue weighted by atomic mass is 19.4. The first kappa shape index (κ1) is 31.3. The zero-order valence-corrected chi connectivity index (χ0v) is 24.9. The fraction of sp³-hybridized carbons (Fsp3) is 0.375. The molecule has 1 fully saturated rings. The first-order valence-corrected chi connectivity index (χ1v) is 14.5. The molecule has 6 rings (SSSR count). The number of ether oxygens (including phenoxy) is 3. The summed E-state index contributed by atoms with van der Waals surface area (Å²) in [6.07, 6.45) is -3.72. The lowest BCUT2D eigenvalue weighted by Crippen LogP contribution is -2.36. The summed E-state index contributed by atoms with van der Waals surface area (Å²) < 4.78 is 75.3. The molecule has 0 spiro atoms. The number of nitrogens with zero attached hydrogens (tertiary/aromatic N) is 5. The maximum absolute atomic E-state index is 14.5. The predicted molar refractivity (Wildman–Crippen MR) is 155 cm³/mol. The van der Waals surface area contributed by atoms with Gasteiger partial charge in [0.1, 0.15) is 35.1 Å². The summed E-state index contributed by atoms with van der Waals surface area (Å²) in [6, 6.07) is 9.00. The molecule has 0 bridgehead atoms. The van der Waals surface area contributed by atoms with Gasteiger partial charge in [-0.25, -0.2) is 19.2 Å². The van der Waals surface area contributed by atoms with Gasteiger partial charge in [0.05, 0.1) is 60.8 Å². The fourth-order valence-corrected chi connectivity index (χ4v) is 5.81. The van der Waals surface area contributed by atoms with Gasteiger partial charge in [0.2, 0.25) is 5.88 Å². The second-order valence-electron chi connectivity index (χ2n) is 11.3. The van der Waals surface area contributed by atoms with Crippen LogP contribution in [0.5, 0.6) is 11.6 Å². The van der Waals surface area contributed by atoms with Gasteiger partial charge < -0.3 is 23.9 Å². The Bertz CT molecular complexity index is 1860. The number of halogens is 4. The maximum Gasteiger partial charge on any atom is 0.421 e. The molecule has 4 aromatic rings. The third kappa shape index (κ3) is 5.95. The molecule has 4 heterocycles. The summed E-state index contributed by atoms with van der Waals surface area (Å²) in [4.78, 5) is 23.0. The Morgan fingerprint density at radius 3 is 2.63 bits per heavy atom. The lowest BCUT2D eigenvalue weighted by Gasteiger charge is -2.35. The molecule has 2 atom stereocenters. The van der Waals surface area contributed by atoms with Gasteiger partial charge in [-0.3, -0.25) is 4.90 Å². The number of hydrogen-bond acceptors (Lipinski definition) is 8. The number of carboxylic acid groups (broad SMARTS) is 1. The van der Waals surface area contributed by atoms with Crippen molar-refractivity contribution in [2.45, 2.75) is 57.8 Å². The Morgan fingerprint density at radius 2 is 2.00 bits per heavy atom. The molecule has 1 saturated heterocycles. The summed E-state index contributed by atoms with van der Waals surface area (Å²) in [7, 11) is 1.44. The molecule has 0 saturated carbocycles. The van der Waals surface area contributed by atoms with Gasteiger partial charge in [0.25, 0.3) is 0 Å². The number of imidazole rings is 1. The summed E-state index contributed by atoms with van der Waals surface area (Å²) in [5.41, 5.74) is 0.943. The molecule has 0 amide bonds.